The molecule has 4 heteroatoms. The molecule has 0 radical (unpaired) electrons. The molecule has 0 amide bonds. The van der Waals surface area contributed by atoms with Gasteiger partial charge >= 0.3 is 0 Å². The molecular weight excluding hydrogens is 190 g/mol. The van der Waals surface area contributed by atoms with E-state index in [1.807, 2.05) is 0 Å². The maximum atomic E-state index is 5.39. The van der Waals surface area contributed by atoms with Crippen molar-refractivity contribution in [2.45, 2.75) is 25.1 Å². The van der Waals surface area contributed by atoms with Crippen molar-refractivity contribution in [1.82, 2.24) is 4.90 Å². The molecule has 1 rings (SSSR count). The van der Waals surface area contributed by atoms with E-state index in [2.05, 4.69) is 30.4 Å². The summed E-state index contributed by atoms with van der Waals surface area (Å²) in [7, 11) is 1.61. The fourth-order valence-corrected chi connectivity index (χ4v) is 1.99. The lowest BCUT2D eigenvalue weighted by atomic mass is 10.3. The first kappa shape index (κ1) is 10.7. The van der Waals surface area contributed by atoms with Crippen LogP contribution >= 0.6 is 22.5 Å². The monoisotopic (exact) mass is 207 g/mol. The molecule has 1 aliphatic rings. The van der Waals surface area contributed by atoms with Crippen molar-refractivity contribution in [3.05, 3.63) is 0 Å². The first-order valence-electron chi connectivity index (χ1n) is 4.32. The molecule has 0 aromatic heterocycles. The van der Waals surface area contributed by atoms with Crippen molar-refractivity contribution >= 4 is 22.5 Å². The second-order valence-corrected chi connectivity index (χ2v) is 5.22. The summed E-state index contributed by atoms with van der Waals surface area (Å²) in [5.41, 5.74) is 0. The van der Waals surface area contributed by atoms with Crippen LogP contribution in [0.1, 0.15) is 20.3 Å². The molecule has 1 heterocycles. The Labute approximate surface area is 83.8 Å². The summed E-state index contributed by atoms with van der Waals surface area (Å²) < 4.78 is 5.39. The minimum Gasteiger partial charge on any atom is -0.380 e. The number of nitrogens with zero attached hydrogens (tertiary/aromatic N) is 1. The van der Waals surface area contributed by atoms with Gasteiger partial charge in [-0.1, -0.05) is 10.8 Å². The molecule has 0 bridgehead atoms. The third-order valence-corrected chi connectivity index (χ3v) is 4.25. The van der Waals surface area contributed by atoms with Crippen LogP contribution in [0.15, 0.2) is 0 Å². The molecule has 1 saturated heterocycles. The van der Waals surface area contributed by atoms with Crippen LogP contribution in [0.4, 0.5) is 0 Å². The van der Waals surface area contributed by atoms with Crippen LogP contribution < -0.4 is 0 Å². The minimum absolute atomic E-state index is 0.136. The first-order chi connectivity index (χ1) is 5.67. The number of hydrogen-bond donors (Lipinski definition) is 1. The van der Waals surface area contributed by atoms with Gasteiger partial charge in [0.15, 0.2) is 0 Å². The van der Waals surface area contributed by atoms with Gasteiger partial charge in [-0.05, 0) is 20.3 Å². The van der Waals surface area contributed by atoms with Gasteiger partial charge in [0.25, 0.3) is 0 Å². The summed E-state index contributed by atoms with van der Waals surface area (Å²) in [4.78, 5) is 2.56. The van der Waals surface area contributed by atoms with Crippen molar-refractivity contribution < 1.29 is 4.74 Å². The van der Waals surface area contributed by atoms with E-state index in [1.54, 1.807) is 10.8 Å². The molecule has 0 atom stereocenters. The fourth-order valence-electron chi connectivity index (χ4n) is 1.34. The van der Waals surface area contributed by atoms with E-state index in [9.17, 15) is 0 Å². The molecular formula is C8H17NOS2. The zero-order valence-electron chi connectivity index (χ0n) is 7.75. The van der Waals surface area contributed by atoms with Gasteiger partial charge in [-0.15, -0.1) is 11.7 Å². The average Bonchev–Trinajstić information content (AvgIpc) is 2.32. The Hall–Kier alpha value is 0.620. The number of thiol groups is 1. The molecule has 1 fully saturated rings. The van der Waals surface area contributed by atoms with E-state index in [0.29, 0.717) is 0 Å². The highest BCUT2D eigenvalue weighted by atomic mass is 33.1. The maximum Gasteiger partial charge on any atom is 0.0714 e. The van der Waals surface area contributed by atoms with Crippen LogP contribution in [0.25, 0.3) is 0 Å². The summed E-state index contributed by atoms with van der Waals surface area (Å²) in [5, 5.41) is 0. The lowest BCUT2D eigenvalue weighted by Gasteiger charge is -2.35. The molecule has 0 unspecified atom stereocenters. The van der Waals surface area contributed by atoms with Crippen molar-refractivity contribution in [3.8, 4) is 0 Å². The Kier molecular flexibility index (Phi) is 4.23. The van der Waals surface area contributed by atoms with Crippen molar-refractivity contribution in [2.24, 2.45) is 0 Å². The smallest absolute Gasteiger partial charge is 0.0714 e. The van der Waals surface area contributed by atoms with Crippen LogP contribution in [-0.4, -0.2) is 36.1 Å². The zero-order valence-corrected chi connectivity index (χ0v) is 9.46. The Morgan fingerprint density at radius 3 is 2.75 bits per heavy atom. The molecule has 1 aliphatic heterocycles. The normalized spacial score (nSPS) is 22.2. The topological polar surface area (TPSA) is 12.5 Å². The highest BCUT2D eigenvalue weighted by molar-refractivity contribution is 8.69. The maximum absolute atomic E-state index is 5.39. The van der Waals surface area contributed by atoms with Gasteiger partial charge in [0.05, 0.1) is 11.5 Å². The molecule has 72 valence electrons. The zero-order chi connectivity index (χ0) is 9.03. The minimum atomic E-state index is 0.136. The molecule has 0 saturated carbocycles. The van der Waals surface area contributed by atoms with Gasteiger partial charge in [-0.3, -0.25) is 4.90 Å². The Morgan fingerprint density at radius 2 is 2.08 bits per heavy atom. The predicted octanol–water partition coefficient (Wildman–Crippen LogP) is 2.02. The molecule has 0 aromatic carbocycles. The largest absolute Gasteiger partial charge is 0.380 e. The third-order valence-electron chi connectivity index (χ3n) is 2.21. The van der Waals surface area contributed by atoms with Crippen LogP contribution in [0.3, 0.4) is 0 Å². The summed E-state index contributed by atoms with van der Waals surface area (Å²) in [6.07, 6.45) is 1.14. The standard InChI is InChI=1S/C8H17NOS2/c1-8(2,12-11)9-4-3-6-10-7-5-9/h11H,3-7H2,1-2H3. The third kappa shape index (κ3) is 2.83. The molecule has 12 heavy (non-hydrogen) atoms. The Balaban J connectivity index is 2.47. The number of hydrogen-bond acceptors (Lipinski definition) is 4. The lowest BCUT2D eigenvalue weighted by Crippen LogP contribution is -2.41. The first-order valence-corrected chi connectivity index (χ1v) is 6.19. The van der Waals surface area contributed by atoms with E-state index >= 15 is 0 Å². The molecule has 2 nitrogen and oxygen atoms in total. The van der Waals surface area contributed by atoms with E-state index in [4.69, 9.17) is 4.74 Å². The van der Waals surface area contributed by atoms with Gasteiger partial charge < -0.3 is 4.74 Å². The summed E-state index contributed by atoms with van der Waals surface area (Å²) >= 11 is 4.28. The van der Waals surface area contributed by atoms with Crippen molar-refractivity contribution in [3.63, 3.8) is 0 Å². The van der Waals surface area contributed by atoms with Gasteiger partial charge in [-0.25, -0.2) is 0 Å². The summed E-state index contributed by atoms with van der Waals surface area (Å²) in [6, 6.07) is 0. The van der Waals surface area contributed by atoms with Crippen molar-refractivity contribution in [1.29, 1.82) is 0 Å². The predicted molar refractivity (Wildman–Crippen MR) is 57.7 cm³/mol. The molecule has 0 aliphatic carbocycles. The Morgan fingerprint density at radius 1 is 1.33 bits per heavy atom. The number of ether oxygens (including phenoxy) is 1. The summed E-state index contributed by atoms with van der Waals surface area (Å²) in [5.74, 6) is 0. The van der Waals surface area contributed by atoms with E-state index < -0.39 is 0 Å². The highest BCUT2D eigenvalue weighted by Crippen LogP contribution is 2.31. The van der Waals surface area contributed by atoms with Gasteiger partial charge in [0.2, 0.25) is 0 Å². The van der Waals surface area contributed by atoms with Crippen LogP contribution in [0.5, 0.6) is 0 Å². The lowest BCUT2D eigenvalue weighted by molar-refractivity contribution is 0.131. The van der Waals surface area contributed by atoms with Gasteiger partial charge in [-0.2, -0.15) is 0 Å². The summed E-state index contributed by atoms with van der Waals surface area (Å²) in [6.45, 7) is 8.33. The second kappa shape index (κ2) is 4.74. The van der Waals surface area contributed by atoms with Crippen LogP contribution in [0, 0.1) is 0 Å². The van der Waals surface area contributed by atoms with E-state index in [-0.39, 0.29) is 4.87 Å². The average molecular weight is 207 g/mol. The Bertz CT molecular complexity index is 133. The second-order valence-electron chi connectivity index (χ2n) is 3.49. The quantitative estimate of drug-likeness (QED) is 0.550. The van der Waals surface area contributed by atoms with Crippen molar-refractivity contribution in [2.75, 3.05) is 26.3 Å². The van der Waals surface area contributed by atoms with Crippen LogP contribution in [-0.2, 0) is 4.74 Å². The fraction of sp³-hybridized carbons (Fsp3) is 1.00. The SMILES string of the molecule is CC(C)(SS)N1CCCOCC1. The molecule has 0 N–H and O–H groups in total. The number of rotatable bonds is 2. The van der Waals surface area contributed by atoms with Gasteiger partial charge in [0.1, 0.15) is 0 Å². The van der Waals surface area contributed by atoms with E-state index in [1.165, 1.54) is 0 Å². The molecule has 0 spiro atoms. The van der Waals surface area contributed by atoms with Crippen LogP contribution in [0.2, 0.25) is 0 Å². The van der Waals surface area contributed by atoms with Gasteiger partial charge in [0, 0.05) is 19.7 Å². The highest BCUT2D eigenvalue weighted by Gasteiger charge is 2.26. The molecule has 0 aromatic rings. The van der Waals surface area contributed by atoms with E-state index in [0.717, 1.165) is 32.7 Å².